The van der Waals surface area contributed by atoms with Gasteiger partial charge in [-0.3, -0.25) is 43.5 Å². The highest BCUT2D eigenvalue weighted by molar-refractivity contribution is 6.12. The molecule has 3 aromatic carbocycles. The molecule has 75 heavy (non-hydrogen) atoms. The van der Waals surface area contributed by atoms with Crippen LogP contribution >= 0.6 is 0 Å². The Morgan fingerprint density at radius 1 is 0.880 bits per heavy atom. The molecule has 0 saturated carbocycles. The number of urea groups is 1. The van der Waals surface area contributed by atoms with Crippen molar-refractivity contribution in [1.29, 1.82) is 0 Å². The minimum absolute atomic E-state index is 0.0381. The summed E-state index contributed by atoms with van der Waals surface area (Å²) in [6.45, 7) is 5.49. The monoisotopic (exact) mass is 1040 g/mol. The van der Waals surface area contributed by atoms with E-state index in [1.807, 2.05) is 0 Å². The van der Waals surface area contributed by atoms with Crippen LogP contribution in [-0.4, -0.2) is 123 Å². The van der Waals surface area contributed by atoms with E-state index in [0.29, 0.717) is 53.0 Å². The number of rotatable bonds is 26. The summed E-state index contributed by atoms with van der Waals surface area (Å²) < 4.78 is 26.5. The number of primary amides is 1. The van der Waals surface area contributed by atoms with E-state index in [4.69, 9.17) is 15.2 Å². The Morgan fingerprint density at radius 3 is 2.25 bits per heavy atom. The lowest BCUT2D eigenvalue weighted by atomic mass is 10.0. The number of halogens is 1. The van der Waals surface area contributed by atoms with Crippen LogP contribution in [0.5, 0.6) is 0 Å². The number of hydrogen-bond donors (Lipinski definition) is 7. The van der Waals surface area contributed by atoms with Gasteiger partial charge < -0.3 is 41.8 Å². The molecule has 2 aliphatic heterocycles. The van der Waals surface area contributed by atoms with Gasteiger partial charge in [0, 0.05) is 56.4 Å². The minimum Gasteiger partial charge on any atom is -0.445 e. The molecule has 3 atom stereocenters. The molecule has 23 nitrogen and oxygen atoms in total. The maximum absolute atomic E-state index is 15.5. The van der Waals surface area contributed by atoms with Crippen molar-refractivity contribution in [3.63, 3.8) is 0 Å². The van der Waals surface area contributed by atoms with Crippen molar-refractivity contribution in [2.75, 3.05) is 36.4 Å². The largest absolute Gasteiger partial charge is 0.445 e. The highest BCUT2D eigenvalue weighted by Gasteiger charge is 2.33. The Labute approximate surface area is 431 Å². The molecule has 0 radical (unpaired) electrons. The average Bonchev–Trinajstić information content (AvgIpc) is 4.12. The van der Waals surface area contributed by atoms with Crippen LogP contribution in [0.25, 0.3) is 11.1 Å². The van der Waals surface area contributed by atoms with Crippen LogP contribution < -0.4 is 37.2 Å². The van der Waals surface area contributed by atoms with Crippen molar-refractivity contribution in [2.24, 2.45) is 11.7 Å². The van der Waals surface area contributed by atoms with Crippen molar-refractivity contribution in [3.05, 3.63) is 108 Å². The number of nitrogens with one attached hydrogen (secondary N) is 6. The number of imide groups is 1. The van der Waals surface area contributed by atoms with Gasteiger partial charge in [-0.15, -0.1) is 0 Å². The van der Waals surface area contributed by atoms with E-state index in [1.54, 1.807) is 74.5 Å². The van der Waals surface area contributed by atoms with Crippen LogP contribution in [0.15, 0.2) is 85.1 Å². The standard InChI is InChI=1S/C51H61FN12O11/c1-31(2)46(59-43(66)9-5-4-6-23-63-44(67)20-21-45(63)68)48(70)58-42(8-7-22-54-49(53)71)47(69)57-36-16-12-34(13-17-36)30-74-50(72)62(28-37-25-56-61-60-37)27-33-10-14-35(15-11-33)40-19-18-38(24-41(40)52)64-29-39(75-51(64)73)26-55-32(3)65/h10-21,24-25,31,39,42,46H,4-9,22-23,26-30H2,1-3H3,(H,55,65)(H,57,69)(H,58,70)(H,59,66)(H3,53,54,71)(H,56,60,61). The number of nitrogens with two attached hydrogens (primary N) is 1. The van der Waals surface area contributed by atoms with E-state index in [-0.39, 0.29) is 100 Å². The van der Waals surface area contributed by atoms with Crippen LogP contribution in [0.2, 0.25) is 0 Å². The van der Waals surface area contributed by atoms with Gasteiger partial charge in [0.2, 0.25) is 23.6 Å². The van der Waals surface area contributed by atoms with Crippen LogP contribution in [0.4, 0.5) is 30.1 Å². The lowest BCUT2D eigenvalue weighted by Crippen LogP contribution is -2.54. The predicted molar refractivity (Wildman–Crippen MR) is 269 cm³/mol. The second-order valence-corrected chi connectivity index (χ2v) is 18.2. The number of aromatic amines is 1. The van der Waals surface area contributed by atoms with Crippen molar-refractivity contribution in [1.82, 2.24) is 46.5 Å². The van der Waals surface area contributed by atoms with Crippen molar-refractivity contribution in [3.8, 4) is 11.1 Å². The summed E-state index contributed by atoms with van der Waals surface area (Å²) in [5.41, 5.74) is 8.45. The fourth-order valence-electron chi connectivity index (χ4n) is 8.06. The first-order valence-electron chi connectivity index (χ1n) is 24.4. The number of ether oxygens (including phenoxy) is 2. The Hall–Kier alpha value is -8.70. The Kier molecular flexibility index (Phi) is 19.9. The highest BCUT2D eigenvalue weighted by atomic mass is 19.1. The summed E-state index contributed by atoms with van der Waals surface area (Å²) in [4.78, 5) is 116. The van der Waals surface area contributed by atoms with Gasteiger partial charge >= 0.3 is 18.2 Å². The molecule has 6 rings (SSSR count). The van der Waals surface area contributed by atoms with E-state index in [1.165, 1.54) is 41.1 Å². The molecule has 4 aromatic rings. The molecule has 8 N–H and O–H groups in total. The highest BCUT2D eigenvalue weighted by Crippen LogP contribution is 2.30. The lowest BCUT2D eigenvalue weighted by molar-refractivity contribution is -0.137. The van der Waals surface area contributed by atoms with E-state index >= 15 is 4.39 Å². The molecule has 0 spiro atoms. The molecular formula is C51H61FN12O11. The third-order valence-electron chi connectivity index (χ3n) is 12.1. The van der Waals surface area contributed by atoms with Gasteiger partial charge in [0.1, 0.15) is 36.3 Å². The molecular weight excluding hydrogens is 976 g/mol. The Balaban J connectivity index is 1.02. The Morgan fingerprint density at radius 2 is 1.60 bits per heavy atom. The first-order chi connectivity index (χ1) is 35.9. The third-order valence-corrected chi connectivity index (χ3v) is 12.1. The third kappa shape index (κ3) is 16.7. The summed E-state index contributed by atoms with van der Waals surface area (Å²) >= 11 is 0. The number of carbonyl (C=O) groups excluding carboxylic acids is 9. The number of unbranched alkanes of at least 4 members (excludes halogenated alkanes) is 2. The van der Waals surface area contributed by atoms with E-state index in [0.717, 1.165) is 4.90 Å². The molecule has 3 heterocycles. The molecule has 2 aliphatic rings. The van der Waals surface area contributed by atoms with Gasteiger partial charge in [-0.25, -0.2) is 18.8 Å². The van der Waals surface area contributed by atoms with E-state index in [9.17, 15) is 43.2 Å². The van der Waals surface area contributed by atoms with Gasteiger partial charge in [0.05, 0.1) is 31.5 Å². The van der Waals surface area contributed by atoms with Crippen LogP contribution in [0.3, 0.4) is 0 Å². The number of hydrogen-bond acceptors (Lipinski definition) is 13. The number of anilines is 2. The zero-order valence-corrected chi connectivity index (χ0v) is 41.8. The van der Waals surface area contributed by atoms with Gasteiger partial charge in [-0.2, -0.15) is 15.4 Å². The number of H-pyrrole nitrogens is 1. The zero-order valence-electron chi connectivity index (χ0n) is 41.8. The fraction of sp³-hybridized carbons (Fsp3) is 0.392. The SMILES string of the molecule is CC(=O)NCC1CN(c2ccc(-c3ccc(CN(Cc4cn[nH]n4)C(=O)OCc4ccc(NC(=O)C(CCCNC(N)=O)NC(=O)C(NC(=O)CCCCCN5C(=O)C=CC5=O)C(C)C)cc4)cc3)c(F)c2)C(=O)O1. The van der Waals surface area contributed by atoms with Crippen molar-refractivity contribution >= 4 is 65.0 Å². The number of benzene rings is 3. The number of amides is 10. The zero-order chi connectivity index (χ0) is 54.0. The van der Waals surface area contributed by atoms with Crippen LogP contribution in [0, 0.1) is 11.7 Å². The minimum atomic E-state index is -1.09. The molecule has 1 aromatic heterocycles. The normalized spacial score (nSPS) is 14.8. The first-order valence-corrected chi connectivity index (χ1v) is 24.4. The summed E-state index contributed by atoms with van der Waals surface area (Å²) in [6.07, 6.45) is 4.02. The molecule has 398 valence electrons. The Bertz CT molecular complexity index is 2700. The lowest BCUT2D eigenvalue weighted by Gasteiger charge is -2.25. The fourth-order valence-corrected chi connectivity index (χ4v) is 8.06. The topological polar surface area (TPSA) is 310 Å². The molecule has 0 bridgehead atoms. The smallest absolute Gasteiger partial charge is 0.414 e. The van der Waals surface area contributed by atoms with Gasteiger partial charge in [0.15, 0.2) is 0 Å². The summed E-state index contributed by atoms with van der Waals surface area (Å²) in [5, 5.41) is 23.8. The molecule has 0 aliphatic carbocycles. The van der Waals surface area contributed by atoms with Crippen molar-refractivity contribution < 1.29 is 57.0 Å². The number of carbonyl (C=O) groups is 9. The summed E-state index contributed by atoms with van der Waals surface area (Å²) in [6, 6.07) is 15.0. The molecule has 1 saturated heterocycles. The predicted octanol–water partition coefficient (Wildman–Crippen LogP) is 3.91. The van der Waals surface area contributed by atoms with E-state index in [2.05, 4.69) is 42.0 Å². The van der Waals surface area contributed by atoms with Crippen LogP contribution in [0.1, 0.15) is 76.1 Å². The number of nitrogens with zero attached hydrogens (tertiary/aromatic N) is 5. The second kappa shape index (κ2) is 26.8. The maximum Gasteiger partial charge on any atom is 0.414 e. The van der Waals surface area contributed by atoms with Gasteiger partial charge in [-0.05, 0) is 78.6 Å². The van der Waals surface area contributed by atoms with Crippen molar-refractivity contribution in [2.45, 2.75) is 97.2 Å². The van der Waals surface area contributed by atoms with Gasteiger partial charge in [0.25, 0.3) is 11.8 Å². The molecule has 24 heteroatoms. The van der Waals surface area contributed by atoms with Crippen LogP contribution in [-0.2, 0) is 57.9 Å². The summed E-state index contributed by atoms with van der Waals surface area (Å²) in [5.74, 6) is -3.46. The number of aromatic nitrogens is 3. The van der Waals surface area contributed by atoms with E-state index < -0.39 is 54.0 Å². The second-order valence-electron chi connectivity index (χ2n) is 18.2. The quantitative estimate of drug-likeness (QED) is 0.0347. The maximum atomic E-state index is 15.5. The molecule has 10 amide bonds. The molecule has 3 unspecified atom stereocenters. The van der Waals surface area contributed by atoms with Gasteiger partial charge in [-0.1, -0.05) is 56.7 Å². The first kappa shape index (κ1) is 55.6. The number of cyclic esters (lactones) is 1. The molecule has 1 fully saturated rings. The average molecular weight is 1040 g/mol. The summed E-state index contributed by atoms with van der Waals surface area (Å²) in [7, 11) is 0.